The SMILES string of the molecule is N#Cc1sc(NCC2CCCC(O)C2)nc1Cl. The molecule has 17 heavy (non-hydrogen) atoms. The van der Waals surface area contributed by atoms with Gasteiger partial charge in [-0.25, -0.2) is 4.98 Å². The van der Waals surface area contributed by atoms with Crippen LogP contribution in [0.25, 0.3) is 0 Å². The number of thiazole rings is 1. The van der Waals surface area contributed by atoms with Crippen LogP contribution in [0.5, 0.6) is 0 Å². The predicted molar refractivity (Wildman–Crippen MR) is 68.3 cm³/mol. The van der Waals surface area contributed by atoms with Gasteiger partial charge in [0.25, 0.3) is 0 Å². The molecule has 0 amide bonds. The smallest absolute Gasteiger partial charge is 0.185 e. The lowest BCUT2D eigenvalue weighted by Crippen LogP contribution is -2.24. The first-order chi connectivity index (χ1) is 8.19. The third-order valence-electron chi connectivity index (χ3n) is 2.98. The van der Waals surface area contributed by atoms with E-state index in [0.717, 1.165) is 32.2 Å². The van der Waals surface area contributed by atoms with E-state index < -0.39 is 0 Å². The highest BCUT2D eigenvalue weighted by molar-refractivity contribution is 7.16. The molecule has 0 aliphatic heterocycles. The van der Waals surface area contributed by atoms with Crippen LogP contribution in [0.2, 0.25) is 5.15 Å². The predicted octanol–water partition coefficient (Wildman–Crippen LogP) is 2.63. The molecule has 0 spiro atoms. The summed E-state index contributed by atoms with van der Waals surface area (Å²) >= 11 is 7.06. The van der Waals surface area contributed by atoms with Crippen LogP contribution >= 0.6 is 22.9 Å². The zero-order chi connectivity index (χ0) is 12.3. The minimum absolute atomic E-state index is 0.162. The maximum Gasteiger partial charge on any atom is 0.185 e. The van der Waals surface area contributed by atoms with E-state index in [-0.39, 0.29) is 11.3 Å². The number of nitrogens with zero attached hydrogens (tertiary/aromatic N) is 2. The molecule has 1 aliphatic rings. The lowest BCUT2D eigenvalue weighted by Gasteiger charge is -2.25. The normalized spacial score (nSPS) is 24.3. The summed E-state index contributed by atoms with van der Waals surface area (Å²) in [5, 5.41) is 22.5. The second-order valence-electron chi connectivity index (χ2n) is 4.32. The first-order valence-corrected chi connectivity index (χ1v) is 6.87. The summed E-state index contributed by atoms with van der Waals surface area (Å²) in [6, 6.07) is 2.00. The van der Waals surface area contributed by atoms with Gasteiger partial charge in [-0.05, 0) is 25.2 Å². The maximum absolute atomic E-state index is 9.56. The Kier molecular flexibility index (Phi) is 4.21. The van der Waals surface area contributed by atoms with E-state index in [4.69, 9.17) is 16.9 Å². The second kappa shape index (κ2) is 5.67. The van der Waals surface area contributed by atoms with Crippen molar-refractivity contribution >= 4 is 28.1 Å². The highest BCUT2D eigenvalue weighted by atomic mass is 35.5. The molecule has 1 aromatic rings. The molecule has 0 bridgehead atoms. The molecule has 6 heteroatoms. The number of hydrogen-bond donors (Lipinski definition) is 2. The van der Waals surface area contributed by atoms with Gasteiger partial charge in [-0.3, -0.25) is 0 Å². The van der Waals surface area contributed by atoms with Crippen molar-refractivity contribution in [3.63, 3.8) is 0 Å². The van der Waals surface area contributed by atoms with E-state index in [9.17, 15) is 5.11 Å². The fraction of sp³-hybridized carbons (Fsp3) is 0.636. The van der Waals surface area contributed by atoms with Gasteiger partial charge >= 0.3 is 0 Å². The van der Waals surface area contributed by atoms with E-state index in [1.807, 2.05) is 6.07 Å². The summed E-state index contributed by atoms with van der Waals surface area (Å²) in [4.78, 5) is 4.52. The van der Waals surface area contributed by atoms with Gasteiger partial charge in [0.1, 0.15) is 10.9 Å². The molecular formula is C11H14ClN3OS. The van der Waals surface area contributed by atoms with Gasteiger partial charge < -0.3 is 10.4 Å². The Hall–Kier alpha value is -0.830. The van der Waals surface area contributed by atoms with E-state index >= 15 is 0 Å². The van der Waals surface area contributed by atoms with Crippen molar-refractivity contribution in [1.29, 1.82) is 5.26 Å². The minimum Gasteiger partial charge on any atom is -0.393 e. The van der Waals surface area contributed by atoms with E-state index in [1.54, 1.807) is 0 Å². The van der Waals surface area contributed by atoms with Crippen LogP contribution in [0.3, 0.4) is 0 Å². The van der Waals surface area contributed by atoms with Crippen molar-refractivity contribution in [2.75, 3.05) is 11.9 Å². The average Bonchev–Trinajstić information content (AvgIpc) is 2.67. The summed E-state index contributed by atoms with van der Waals surface area (Å²) < 4.78 is 0. The van der Waals surface area contributed by atoms with Crippen LogP contribution in [0.4, 0.5) is 5.13 Å². The topological polar surface area (TPSA) is 68.9 Å². The molecule has 1 aliphatic carbocycles. The average molecular weight is 272 g/mol. The number of rotatable bonds is 3. The quantitative estimate of drug-likeness (QED) is 0.887. The van der Waals surface area contributed by atoms with Crippen LogP contribution < -0.4 is 5.32 Å². The fourth-order valence-corrected chi connectivity index (χ4v) is 3.08. The molecule has 2 unspecified atom stereocenters. The fourth-order valence-electron chi connectivity index (χ4n) is 2.13. The molecule has 0 radical (unpaired) electrons. The largest absolute Gasteiger partial charge is 0.393 e. The highest BCUT2D eigenvalue weighted by Gasteiger charge is 2.20. The van der Waals surface area contributed by atoms with Crippen molar-refractivity contribution in [1.82, 2.24) is 4.98 Å². The Balaban J connectivity index is 1.87. The number of aliphatic hydroxyl groups excluding tert-OH is 1. The number of aromatic nitrogens is 1. The number of nitrogens with one attached hydrogen (secondary N) is 1. The van der Waals surface area contributed by atoms with Gasteiger partial charge in [0.05, 0.1) is 6.10 Å². The van der Waals surface area contributed by atoms with Crippen LogP contribution in [-0.2, 0) is 0 Å². The lowest BCUT2D eigenvalue weighted by atomic mass is 9.87. The van der Waals surface area contributed by atoms with Gasteiger partial charge in [0.15, 0.2) is 10.3 Å². The molecule has 1 saturated carbocycles. The molecule has 92 valence electrons. The van der Waals surface area contributed by atoms with Crippen LogP contribution in [0, 0.1) is 17.2 Å². The third kappa shape index (κ3) is 3.32. The Bertz CT molecular complexity index is 429. The molecule has 2 atom stereocenters. The van der Waals surface area contributed by atoms with Crippen molar-refractivity contribution in [2.45, 2.75) is 31.8 Å². The van der Waals surface area contributed by atoms with E-state index in [1.165, 1.54) is 11.3 Å². The van der Waals surface area contributed by atoms with Crippen molar-refractivity contribution in [3.05, 3.63) is 10.0 Å². The minimum atomic E-state index is -0.162. The van der Waals surface area contributed by atoms with Crippen LogP contribution in [0.1, 0.15) is 30.6 Å². The van der Waals surface area contributed by atoms with Gasteiger partial charge in [-0.1, -0.05) is 29.4 Å². The third-order valence-corrected chi connectivity index (χ3v) is 4.29. The molecule has 1 heterocycles. The monoisotopic (exact) mass is 271 g/mol. The van der Waals surface area contributed by atoms with E-state index in [0.29, 0.717) is 15.9 Å². The Labute approximate surface area is 109 Å². The maximum atomic E-state index is 9.56. The molecule has 2 N–H and O–H groups in total. The number of hydrogen-bond acceptors (Lipinski definition) is 5. The summed E-state index contributed by atoms with van der Waals surface area (Å²) in [6.07, 6.45) is 3.81. The molecule has 1 fully saturated rings. The van der Waals surface area contributed by atoms with Crippen molar-refractivity contribution in [2.24, 2.45) is 5.92 Å². The summed E-state index contributed by atoms with van der Waals surface area (Å²) in [6.45, 7) is 0.784. The second-order valence-corrected chi connectivity index (χ2v) is 5.68. The van der Waals surface area contributed by atoms with E-state index in [2.05, 4.69) is 10.3 Å². The molecule has 0 saturated heterocycles. The highest BCUT2D eigenvalue weighted by Crippen LogP contribution is 2.28. The standard InChI is InChI=1S/C11H14ClN3OS/c12-10-9(5-13)17-11(15-10)14-6-7-2-1-3-8(16)4-7/h7-8,16H,1-4,6H2,(H,14,15). The summed E-state index contributed by atoms with van der Waals surface area (Å²) in [5.41, 5.74) is 0. The molecular weight excluding hydrogens is 258 g/mol. The number of halogens is 1. The zero-order valence-corrected chi connectivity index (χ0v) is 10.9. The Morgan fingerprint density at radius 1 is 1.59 bits per heavy atom. The number of aliphatic hydroxyl groups is 1. The molecule has 0 aromatic carbocycles. The summed E-state index contributed by atoms with van der Waals surface area (Å²) in [7, 11) is 0. The number of nitriles is 1. The van der Waals surface area contributed by atoms with Gasteiger partial charge in [0.2, 0.25) is 0 Å². The van der Waals surface area contributed by atoms with Crippen LogP contribution in [-0.4, -0.2) is 22.7 Å². The number of anilines is 1. The lowest BCUT2D eigenvalue weighted by molar-refractivity contribution is 0.105. The summed E-state index contributed by atoms with van der Waals surface area (Å²) in [5.74, 6) is 0.479. The Morgan fingerprint density at radius 3 is 3.06 bits per heavy atom. The van der Waals surface area contributed by atoms with Gasteiger partial charge in [-0.15, -0.1) is 0 Å². The zero-order valence-electron chi connectivity index (χ0n) is 9.32. The van der Waals surface area contributed by atoms with Crippen LogP contribution in [0.15, 0.2) is 0 Å². The molecule has 1 aromatic heterocycles. The van der Waals surface area contributed by atoms with Gasteiger partial charge in [0, 0.05) is 6.54 Å². The first kappa shape index (κ1) is 12.6. The molecule has 4 nitrogen and oxygen atoms in total. The Morgan fingerprint density at radius 2 is 2.41 bits per heavy atom. The van der Waals surface area contributed by atoms with Crippen molar-refractivity contribution < 1.29 is 5.11 Å². The molecule has 2 rings (SSSR count). The van der Waals surface area contributed by atoms with Gasteiger partial charge in [-0.2, -0.15) is 5.26 Å². The van der Waals surface area contributed by atoms with Crippen molar-refractivity contribution in [3.8, 4) is 6.07 Å². The first-order valence-electron chi connectivity index (χ1n) is 5.67.